The molecular formula is C13H20ClN3O. The minimum absolute atomic E-state index is 0.0445. The maximum Gasteiger partial charge on any atom is 0.254 e. The van der Waals surface area contributed by atoms with Crippen molar-refractivity contribution >= 4 is 17.5 Å². The van der Waals surface area contributed by atoms with Crippen LogP contribution in [0.4, 0.5) is 0 Å². The van der Waals surface area contributed by atoms with Crippen LogP contribution >= 0.6 is 11.6 Å². The van der Waals surface area contributed by atoms with Crippen LogP contribution in [-0.2, 0) is 7.05 Å². The molecule has 0 atom stereocenters. The standard InChI is InChI=1S/C13H20ClN3O/c1-10-11(7-17(2)16-10)12(18)15-9-13(8-14)5-3-4-6-13/h7H,3-6,8-9H2,1-2H3,(H,15,18). The van der Waals surface area contributed by atoms with Crippen LogP contribution in [-0.4, -0.2) is 28.1 Å². The molecule has 1 aliphatic rings. The minimum atomic E-state index is -0.0445. The van der Waals surface area contributed by atoms with E-state index in [-0.39, 0.29) is 11.3 Å². The van der Waals surface area contributed by atoms with Gasteiger partial charge in [-0.2, -0.15) is 5.10 Å². The number of aromatic nitrogens is 2. The Morgan fingerprint density at radius 3 is 2.72 bits per heavy atom. The van der Waals surface area contributed by atoms with Gasteiger partial charge in [0.05, 0.1) is 11.3 Å². The van der Waals surface area contributed by atoms with E-state index in [9.17, 15) is 4.79 Å². The minimum Gasteiger partial charge on any atom is -0.351 e. The zero-order chi connectivity index (χ0) is 13.2. The Morgan fingerprint density at radius 2 is 2.22 bits per heavy atom. The highest BCUT2D eigenvalue weighted by molar-refractivity contribution is 6.18. The zero-order valence-corrected chi connectivity index (χ0v) is 11.8. The van der Waals surface area contributed by atoms with E-state index in [4.69, 9.17) is 11.6 Å². The number of halogens is 1. The van der Waals surface area contributed by atoms with Gasteiger partial charge in [0.2, 0.25) is 0 Å². The summed E-state index contributed by atoms with van der Waals surface area (Å²) in [7, 11) is 1.82. The summed E-state index contributed by atoms with van der Waals surface area (Å²) in [5.41, 5.74) is 1.52. The third kappa shape index (κ3) is 2.69. The molecule has 1 fully saturated rings. The lowest BCUT2D eigenvalue weighted by Gasteiger charge is -2.26. The Labute approximate surface area is 113 Å². The summed E-state index contributed by atoms with van der Waals surface area (Å²) in [5.74, 6) is 0.580. The van der Waals surface area contributed by atoms with Crippen LogP contribution in [0.25, 0.3) is 0 Å². The molecule has 4 nitrogen and oxygen atoms in total. The molecule has 100 valence electrons. The van der Waals surface area contributed by atoms with Crippen LogP contribution in [0.3, 0.4) is 0 Å². The highest BCUT2D eigenvalue weighted by atomic mass is 35.5. The van der Waals surface area contributed by atoms with Gasteiger partial charge in [0.1, 0.15) is 0 Å². The summed E-state index contributed by atoms with van der Waals surface area (Å²) in [6.45, 7) is 2.52. The third-order valence-electron chi connectivity index (χ3n) is 3.83. The van der Waals surface area contributed by atoms with Gasteiger partial charge in [-0.1, -0.05) is 12.8 Å². The summed E-state index contributed by atoms with van der Waals surface area (Å²) < 4.78 is 1.66. The van der Waals surface area contributed by atoms with Crippen LogP contribution in [0.2, 0.25) is 0 Å². The number of carbonyl (C=O) groups excluding carboxylic acids is 1. The summed E-state index contributed by atoms with van der Waals surface area (Å²) in [6, 6.07) is 0. The van der Waals surface area contributed by atoms with Gasteiger partial charge >= 0.3 is 0 Å². The van der Waals surface area contributed by atoms with Crippen LogP contribution in [0.1, 0.15) is 41.7 Å². The van der Waals surface area contributed by atoms with E-state index >= 15 is 0 Å². The molecule has 0 aromatic carbocycles. The topological polar surface area (TPSA) is 46.9 Å². The average molecular weight is 270 g/mol. The van der Waals surface area contributed by atoms with Crippen molar-refractivity contribution in [1.29, 1.82) is 0 Å². The van der Waals surface area contributed by atoms with Gasteiger partial charge < -0.3 is 5.32 Å². The summed E-state index contributed by atoms with van der Waals surface area (Å²) in [5, 5.41) is 7.19. The number of nitrogens with one attached hydrogen (secondary N) is 1. The first-order chi connectivity index (χ1) is 8.56. The molecule has 0 aliphatic heterocycles. The van der Waals surface area contributed by atoms with Crippen molar-refractivity contribution < 1.29 is 4.79 Å². The van der Waals surface area contributed by atoms with Crippen molar-refractivity contribution in [3.63, 3.8) is 0 Å². The third-order valence-corrected chi connectivity index (χ3v) is 4.40. The monoisotopic (exact) mass is 269 g/mol. The van der Waals surface area contributed by atoms with Crippen molar-refractivity contribution in [2.45, 2.75) is 32.6 Å². The van der Waals surface area contributed by atoms with Crippen molar-refractivity contribution in [3.8, 4) is 0 Å². The number of carbonyl (C=O) groups is 1. The number of aryl methyl sites for hydroxylation is 2. The van der Waals surface area contributed by atoms with Gasteiger partial charge in [0.15, 0.2) is 0 Å². The van der Waals surface area contributed by atoms with Crippen LogP contribution in [0, 0.1) is 12.3 Å². The Hall–Kier alpha value is -1.03. The van der Waals surface area contributed by atoms with E-state index in [0.717, 1.165) is 18.5 Å². The second-order valence-electron chi connectivity index (χ2n) is 5.33. The van der Waals surface area contributed by atoms with Crippen molar-refractivity contribution in [2.75, 3.05) is 12.4 Å². The smallest absolute Gasteiger partial charge is 0.254 e. The molecule has 1 aromatic heterocycles. The Morgan fingerprint density at radius 1 is 1.56 bits per heavy atom. The fraction of sp³-hybridized carbons (Fsp3) is 0.692. The second kappa shape index (κ2) is 5.31. The molecule has 1 aliphatic carbocycles. The van der Waals surface area contributed by atoms with E-state index in [0.29, 0.717) is 18.0 Å². The Balaban J connectivity index is 1.98. The normalized spacial score (nSPS) is 17.9. The van der Waals surface area contributed by atoms with Crippen molar-refractivity contribution in [1.82, 2.24) is 15.1 Å². The zero-order valence-electron chi connectivity index (χ0n) is 11.0. The highest BCUT2D eigenvalue weighted by Gasteiger charge is 2.33. The molecular weight excluding hydrogens is 250 g/mol. The average Bonchev–Trinajstić information content (AvgIpc) is 2.94. The lowest BCUT2D eigenvalue weighted by molar-refractivity contribution is 0.0934. The fourth-order valence-corrected chi connectivity index (χ4v) is 3.03. The molecule has 0 spiro atoms. The molecule has 18 heavy (non-hydrogen) atoms. The molecule has 1 N–H and O–H groups in total. The van der Waals surface area contributed by atoms with E-state index < -0.39 is 0 Å². The summed E-state index contributed by atoms with van der Waals surface area (Å²) >= 11 is 6.06. The number of amides is 1. The van der Waals surface area contributed by atoms with Gasteiger partial charge in [-0.3, -0.25) is 9.48 Å². The Bertz CT molecular complexity index is 435. The molecule has 5 heteroatoms. The van der Waals surface area contributed by atoms with Crippen LogP contribution in [0.5, 0.6) is 0 Å². The van der Waals surface area contributed by atoms with E-state index in [2.05, 4.69) is 10.4 Å². The maximum absolute atomic E-state index is 12.1. The van der Waals surface area contributed by atoms with Crippen LogP contribution < -0.4 is 5.32 Å². The molecule has 0 bridgehead atoms. The molecule has 0 unspecified atom stereocenters. The lowest BCUT2D eigenvalue weighted by Crippen LogP contribution is -2.37. The van der Waals surface area contributed by atoms with Crippen LogP contribution in [0.15, 0.2) is 6.20 Å². The van der Waals surface area contributed by atoms with Gasteiger partial charge in [0, 0.05) is 31.1 Å². The maximum atomic E-state index is 12.1. The molecule has 0 radical (unpaired) electrons. The molecule has 1 amide bonds. The first-order valence-corrected chi connectivity index (χ1v) is 6.94. The first-order valence-electron chi connectivity index (χ1n) is 6.41. The van der Waals surface area contributed by atoms with Gasteiger partial charge in [0.25, 0.3) is 5.91 Å². The second-order valence-corrected chi connectivity index (χ2v) is 5.59. The fourth-order valence-electron chi connectivity index (χ4n) is 2.67. The highest BCUT2D eigenvalue weighted by Crippen LogP contribution is 2.38. The summed E-state index contributed by atoms with van der Waals surface area (Å²) in [6.07, 6.45) is 6.42. The lowest BCUT2D eigenvalue weighted by atomic mass is 9.88. The Kier molecular flexibility index (Phi) is 3.95. The van der Waals surface area contributed by atoms with Gasteiger partial charge in [-0.25, -0.2) is 0 Å². The van der Waals surface area contributed by atoms with E-state index in [1.165, 1.54) is 12.8 Å². The van der Waals surface area contributed by atoms with Crippen molar-refractivity contribution in [3.05, 3.63) is 17.5 Å². The number of alkyl halides is 1. The molecule has 1 heterocycles. The number of nitrogens with zero attached hydrogens (tertiary/aromatic N) is 2. The molecule has 0 saturated heterocycles. The van der Waals surface area contributed by atoms with E-state index in [1.807, 2.05) is 14.0 Å². The number of hydrogen-bond donors (Lipinski definition) is 1. The van der Waals surface area contributed by atoms with Gasteiger partial charge in [-0.05, 0) is 19.8 Å². The number of rotatable bonds is 4. The van der Waals surface area contributed by atoms with Gasteiger partial charge in [-0.15, -0.1) is 11.6 Å². The SMILES string of the molecule is Cc1nn(C)cc1C(=O)NCC1(CCl)CCCC1. The predicted molar refractivity (Wildman–Crippen MR) is 71.9 cm³/mol. The molecule has 1 aromatic rings. The van der Waals surface area contributed by atoms with E-state index in [1.54, 1.807) is 10.9 Å². The summed E-state index contributed by atoms with van der Waals surface area (Å²) in [4.78, 5) is 12.1. The van der Waals surface area contributed by atoms with Crippen molar-refractivity contribution in [2.24, 2.45) is 12.5 Å². The molecule has 1 saturated carbocycles. The number of hydrogen-bond acceptors (Lipinski definition) is 2. The largest absolute Gasteiger partial charge is 0.351 e. The predicted octanol–water partition coefficient (Wildman–Crippen LogP) is 2.26. The quantitative estimate of drug-likeness (QED) is 0.853. The first kappa shape index (κ1) is 13.4. The molecule has 2 rings (SSSR count).